The van der Waals surface area contributed by atoms with E-state index in [-0.39, 0.29) is 12.5 Å². The van der Waals surface area contributed by atoms with E-state index >= 15 is 0 Å². The second-order valence-electron chi connectivity index (χ2n) is 3.12. The van der Waals surface area contributed by atoms with Crippen LogP contribution in [0.15, 0.2) is 30.3 Å². The number of aliphatic carboxylic acids is 1. The van der Waals surface area contributed by atoms with Crippen molar-refractivity contribution in [3.05, 3.63) is 35.9 Å². The topological polar surface area (TPSA) is 89.3 Å². The number of hydrogen-bond donors (Lipinski definition) is 3. The molecule has 76 valence electrons. The molecule has 0 aromatic heterocycles. The van der Waals surface area contributed by atoms with Gasteiger partial charge in [0.2, 0.25) is 0 Å². The lowest BCUT2D eigenvalue weighted by Gasteiger charge is -2.18. The van der Waals surface area contributed by atoms with Crippen LogP contribution in [0.1, 0.15) is 11.5 Å². The number of benzene rings is 1. The largest absolute Gasteiger partial charge is 0.480 e. The Hall–Kier alpha value is -1.39. The van der Waals surface area contributed by atoms with Gasteiger partial charge in [-0.05, 0) is 5.56 Å². The minimum atomic E-state index is -1.02. The van der Waals surface area contributed by atoms with Gasteiger partial charge in [0.1, 0.15) is 6.04 Å². The minimum Gasteiger partial charge on any atom is -0.480 e. The molecule has 0 heterocycles. The molecule has 0 saturated carbocycles. The van der Waals surface area contributed by atoms with Crippen LogP contribution in [0.2, 0.25) is 0 Å². The number of nitrogens with two attached hydrogens (primary N) is 2. The van der Waals surface area contributed by atoms with Gasteiger partial charge in [0, 0.05) is 12.5 Å². The van der Waals surface area contributed by atoms with Crippen LogP contribution in [0.25, 0.3) is 0 Å². The van der Waals surface area contributed by atoms with Crippen molar-refractivity contribution in [2.75, 3.05) is 6.54 Å². The summed E-state index contributed by atoms with van der Waals surface area (Å²) in [5, 5.41) is 8.76. The van der Waals surface area contributed by atoms with Gasteiger partial charge in [0.25, 0.3) is 0 Å². The number of carbonyl (C=O) groups is 1. The fourth-order valence-corrected chi connectivity index (χ4v) is 1.36. The molecule has 0 aliphatic carbocycles. The van der Waals surface area contributed by atoms with Gasteiger partial charge < -0.3 is 16.6 Å². The molecule has 0 fully saturated rings. The van der Waals surface area contributed by atoms with Gasteiger partial charge in [-0.1, -0.05) is 30.3 Å². The van der Waals surface area contributed by atoms with Gasteiger partial charge in [-0.15, -0.1) is 0 Å². The van der Waals surface area contributed by atoms with Gasteiger partial charge in [0.05, 0.1) is 0 Å². The highest BCUT2D eigenvalue weighted by atomic mass is 16.4. The van der Waals surface area contributed by atoms with Crippen LogP contribution in [0, 0.1) is 0 Å². The van der Waals surface area contributed by atoms with Gasteiger partial charge in [0.15, 0.2) is 0 Å². The summed E-state index contributed by atoms with van der Waals surface area (Å²) in [6.45, 7) is 0.234. The Morgan fingerprint density at radius 1 is 1.36 bits per heavy atom. The van der Waals surface area contributed by atoms with E-state index in [1.807, 2.05) is 30.3 Å². The van der Waals surface area contributed by atoms with Crippen LogP contribution in [-0.4, -0.2) is 23.7 Å². The Morgan fingerprint density at radius 3 is 2.36 bits per heavy atom. The smallest absolute Gasteiger partial charge is 0.321 e. The highest BCUT2D eigenvalue weighted by Crippen LogP contribution is 2.16. The Morgan fingerprint density at radius 2 is 1.93 bits per heavy atom. The van der Waals surface area contributed by atoms with Crippen LogP contribution in [0.4, 0.5) is 0 Å². The highest BCUT2D eigenvalue weighted by Gasteiger charge is 2.23. The van der Waals surface area contributed by atoms with E-state index in [2.05, 4.69) is 0 Å². The molecule has 14 heavy (non-hydrogen) atoms. The third kappa shape index (κ3) is 2.31. The molecular weight excluding hydrogens is 180 g/mol. The second-order valence-corrected chi connectivity index (χ2v) is 3.12. The summed E-state index contributed by atoms with van der Waals surface area (Å²) >= 11 is 0. The zero-order chi connectivity index (χ0) is 10.6. The van der Waals surface area contributed by atoms with E-state index in [1.165, 1.54) is 0 Å². The predicted molar refractivity (Wildman–Crippen MR) is 53.8 cm³/mol. The van der Waals surface area contributed by atoms with Crippen molar-refractivity contribution in [2.24, 2.45) is 11.5 Å². The molecule has 4 nitrogen and oxygen atoms in total. The van der Waals surface area contributed by atoms with Crippen LogP contribution >= 0.6 is 0 Å². The van der Waals surface area contributed by atoms with Crippen molar-refractivity contribution >= 4 is 5.97 Å². The van der Waals surface area contributed by atoms with Crippen LogP contribution in [0.5, 0.6) is 0 Å². The Labute approximate surface area is 82.5 Å². The summed E-state index contributed by atoms with van der Waals surface area (Å²) in [5.41, 5.74) is 11.9. The van der Waals surface area contributed by atoms with E-state index in [1.54, 1.807) is 0 Å². The molecule has 0 bridgehead atoms. The van der Waals surface area contributed by atoms with Crippen LogP contribution < -0.4 is 11.5 Å². The van der Waals surface area contributed by atoms with E-state index in [0.717, 1.165) is 5.56 Å². The predicted octanol–water partition coefficient (Wildman–Crippen LogP) is 0.141. The molecule has 1 aromatic carbocycles. The lowest BCUT2D eigenvalue weighted by molar-refractivity contribution is -0.139. The molecule has 0 saturated heterocycles. The molecule has 2 atom stereocenters. The fraction of sp³-hybridized carbons (Fsp3) is 0.300. The number of hydrogen-bond acceptors (Lipinski definition) is 3. The van der Waals surface area contributed by atoms with Crippen molar-refractivity contribution < 1.29 is 9.90 Å². The Balaban J connectivity index is 2.87. The molecule has 0 spiro atoms. The Bertz CT molecular complexity index is 300. The first-order chi connectivity index (χ1) is 6.66. The van der Waals surface area contributed by atoms with Crippen LogP contribution in [0.3, 0.4) is 0 Å². The first kappa shape index (κ1) is 10.7. The van der Waals surface area contributed by atoms with E-state index < -0.39 is 12.0 Å². The third-order valence-corrected chi connectivity index (χ3v) is 2.20. The molecule has 0 aliphatic heterocycles. The summed E-state index contributed by atoms with van der Waals surface area (Å²) in [4.78, 5) is 10.7. The molecular formula is C10H14N2O2. The average Bonchev–Trinajstić information content (AvgIpc) is 2.20. The van der Waals surface area contributed by atoms with Crippen molar-refractivity contribution in [3.8, 4) is 0 Å². The molecule has 0 aliphatic rings. The maximum absolute atomic E-state index is 10.7. The van der Waals surface area contributed by atoms with Gasteiger partial charge in [-0.2, -0.15) is 0 Å². The number of carboxylic acids is 1. The summed E-state index contributed by atoms with van der Waals surface area (Å²) in [6, 6.07) is 8.27. The fourth-order valence-electron chi connectivity index (χ4n) is 1.36. The van der Waals surface area contributed by atoms with E-state index in [0.29, 0.717) is 0 Å². The van der Waals surface area contributed by atoms with Gasteiger partial charge in [-0.25, -0.2) is 0 Å². The SMILES string of the molecule is NCC(c1ccccc1)C(N)C(=O)O. The van der Waals surface area contributed by atoms with E-state index in [4.69, 9.17) is 16.6 Å². The lowest BCUT2D eigenvalue weighted by atomic mass is 9.92. The van der Waals surface area contributed by atoms with Crippen molar-refractivity contribution in [3.63, 3.8) is 0 Å². The highest BCUT2D eigenvalue weighted by molar-refractivity contribution is 5.74. The number of carboxylic acid groups (broad SMARTS) is 1. The minimum absolute atomic E-state index is 0.234. The molecule has 1 rings (SSSR count). The second kappa shape index (κ2) is 4.74. The third-order valence-electron chi connectivity index (χ3n) is 2.20. The standard InChI is InChI=1S/C10H14N2O2/c11-6-8(9(12)10(13)14)7-4-2-1-3-5-7/h1-5,8-9H,6,11-12H2,(H,13,14). The maximum atomic E-state index is 10.7. The normalized spacial score (nSPS) is 14.7. The Kier molecular flexibility index (Phi) is 3.62. The van der Waals surface area contributed by atoms with Crippen molar-refractivity contribution in [1.82, 2.24) is 0 Å². The first-order valence-electron chi connectivity index (χ1n) is 4.40. The zero-order valence-corrected chi connectivity index (χ0v) is 7.76. The average molecular weight is 194 g/mol. The molecule has 0 radical (unpaired) electrons. The molecule has 4 heteroatoms. The summed E-state index contributed by atoms with van der Waals surface area (Å²) in [5.74, 6) is -1.35. The van der Waals surface area contributed by atoms with Crippen LogP contribution in [-0.2, 0) is 4.79 Å². The zero-order valence-electron chi connectivity index (χ0n) is 7.76. The first-order valence-corrected chi connectivity index (χ1v) is 4.40. The van der Waals surface area contributed by atoms with E-state index in [9.17, 15) is 4.79 Å². The lowest BCUT2D eigenvalue weighted by Crippen LogP contribution is -2.39. The van der Waals surface area contributed by atoms with Gasteiger partial charge in [-0.3, -0.25) is 4.79 Å². The number of rotatable bonds is 4. The molecule has 5 N–H and O–H groups in total. The summed E-state index contributed by atoms with van der Waals surface area (Å²) < 4.78 is 0. The quantitative estimate of drug-likeness (QED) is 0.636. The molecule has 1 aromatic rings. The molecule has 2 unspecified atom stereocenters. The summed E-state index contributed by atoms with van der Waals surface area (Å²) in [6.07, 6.45) is 0. The van der Waals surface area contributed by atoms with Crippen molar-refractivity contribution in [1.29, 1.82) is 0 Å². The summed E-state index contributed by atoms with van der Waals surface area (Å²) in [7, 11) is 0. The van der Waals surface area contributed by atoms with Gasteiger partial charge >= 0.3 is 5.97 Å². The van der Waals surface area contributed by atoms with Crippen molar-refractivity contribution in [2.45, 2.75) is 12.0 Å². The maximum Gasteiger partial charge on any atom is 0.321 e. The monoisotopic (exact) mass is 194 g/mol. The molecule has 0 amide bonds.